The van der Waals surface area contributed by atoms with Crippen LogP contribution in [0.3, 0.4) is 0 Å². The standard InChI is InChI=1S/C14H21N3O3/c1-19-14(18)12-6-7-13(17-16-12)20-9-11-5-3-2-4-10(11)8-15/h6-7,10-11H,2-5,8-9,15H2,1H3. The summed E-state index contributed by atoms with van der Waals surface area (Å²) in [4.78, 5) is 11.2. The average molecular weight is 279 g/mol. The summed E-state index contributed by atoms with van der Waals surface area (Å²) in [6, 6.07) is 3.19. The van der Waals surface area contributed by atoms with Crippen molar-refractivity contribution in [2.75, 3.05) is 20.3 Å². The predicted molar refractivity (Wildman–Crippen MR) is 73.4 cm³/mol. The van der Waals surface area contributed by atoms with E-state index in [9.17, 15) is 4.79 Å². The van der Waals surface area contributed by atoms with Gasteiger partial charge in [0.2, 0.25) is 5.88 Å². The van der Waals surface area contributed by atoms with Crippen LogP contribution in [-0.2, 0) is 4.74 Å². The lowest BCUT2D eigenvalue weighted by Gasteiger charge is -2.30. The molecule has 6 heteroatoms. The fraction of sp³-hybridized carbons (Fsp3) is 0.643. The highest BCUT2D eigenvalue weighted by Crippen LogP contribution is 2.29. The number of methoxy groups -OCH3 is 1. The fourth-order valence-corrected chi connectivity index (χ4v) is 2.62. The minimum absolute atomic E-state index is 0.178. The predicted octanol–water partition coefficient (Wildman–Crippen LogP) is 1.41. The second-order valence-electron chi connectivity index (χ2n) is 5.10. The Balaban J connectivity index is 1.88. The summed E-state index contributed by atoms with van der Waals surface area (Å²) in [6.45, 7) is 1.31. The molecule has 1 aromatic heterocycles. The number of ether oxygens (including phenoxy) is 2. The van der Waals surface area contributed by atoms with Crippen LogP contribution in [0.1, 0.15) is 36.2 Å². The first-order valence-electron chi connectivity index (χ1n) is 6.99. The van der Waals surface area contributed by atoms with E-state index in [1.54, 1.807) is 12.1 Å². The third kappa shape index (κ3) is 3.66. The Hall–Kier alpha value is -1.69. The number of hydrogen-bond donors (Lipinski definition) is 1. The number of nitrogens with zero attached hydrogens (tertiary/aromatic N) is 2. The van der Waals surface area contributed by atoms with Gasteiger partial charge in [0.1, 0.15) is 0 Å². The number of hydrogen-bond acceptors (Lipinski definition) is 6. The molecule has 1 heterocycles. The number of carbonyl (C=O) groups is 1. The molecule has 1 fully saturated rings. The molecule has 0 bridgehead atoms. The van der Waals surface area contributed by atoms with Gasteiger partial charge in [-0.25, -0.2) is 4.79 Å². The molecule has 0 radical (unpaired) electrons. The molecule has 0 amide bonds. The monoisotopic (exact) mass is 279 g/mol. The molecule has 0 spiro atoms. The summed E-state index contributed by atoms with van der Waals surface area (Å²) < 4.78 is 10.2. The van der Waals surface area contributed by atoms with Crippen molar-refractivity contribution >= 4 is 5.97 Å². The molecular weight excluding hydrogens is 258 g/mol. The van der Waals surface area contributed by atoms with Crippen molar-refractivity contribution in [1.29, 1.82) is 0 Å². The lowest BCUT2D eigenvalue weighted by Crippen LogP contribution is -2.30. The summed E-state index contributed by atoms with van der Waals surface area (Å²) in [5.41, 5.74) is 5.97. The van der Waals surface area contributed by atoms with Crippen LogP contribution in [0.4, 0.5) is 0 Å². The zero-order chi connectivity index (χ0) is 14.4. The highest BCUT2D eigenvalue weighted by atomic mass is 16.5. The van der Waals surface area contributed by atoms with Gasteiger partial charge in [-0.1, -0.05) is 12.8 Å². The molecule has 2 rings (SSSR count). The van der Waals surface area contributed by atoms with Gasteiger partial charge in [-0.05, 0) is 37.3 Å². The summed E-state index contributed by atoms with van der Waals surface area (Å²) in [5, 5.41) is 7.66. The molecule has 0 aromatic carbocycles. The van der Waals surface area contributed by atoms with E-state index in [0.29, 0.717) is 30.9 Å². The van der Waals surface area contributed by atoms with Crippen LogP contribution in [0.2, 0.25) is 0 Å². The summed E-state index contributed by atoms with van der Waals surface area (Å²) in [7, 11) is 1.31. The van der Waals surface area contributed by atoms with Crippen LogP contribution in [-0.4, -0.2) is 36.4 Å². The lowest BCUT2D eigenvalue weighted by molar-refractivity contribution is 0.0592. The Morgan fingerprint density at radius 2 is 2.05 bits per heavy atom. The van der Waals surface area contributed by atoms with Gasteiger partial charge in [-0.2, -0.15) is 0 Å². The van der Waals surface area contributed by atoms with Gasteiger partial charge in [-0.3, -0.25) is 0 Å². The summed E-state index contributed by atoms with van der Waals surface area (Å²) in [5.74, 6) is 0.945. The van der Waals surface area contributed by atoms with Crippen molar-refractivity contribution in [3.8, 4) is 5.88 Å². The molecule has 1 aliphatic rings. The van der Waals surface area contributed by atoms with Crippen molar-refractivity contribution in [1.82, 2.24) is 10.2 Å². The first-order valence-corrected chi connectivity index (χ1v) is 6.99. The molecule has 2 atom stereocenters. The highest BCUT2D eigenvalue weighted by Gasteiger charge is 2.24. The van der Waals surface area contributed by atoms with E-state index in [4.69, 9.17) is 10.5 Å². The minimum atomic E-state index is -0.500. The molecule has 6 nitrogen and oxygen atoms in total. The van der Waals surface area contributed by atoms with Crippen LogP contribution in [0.5, 0.6) is 5.88 Å². The van der Waals surface area contributed by atoms with Crippen LogP contribution in [0.25, 0.3) is 0 Å². The number of rotatable bonds is 5. The van der Waals surface area contributed by atoms with E-state index < -0.39 is 5.97 Å². The molecule has 110 valence electrons. The van der Waals surface area contributed by atoms with Crippen LogP contribution in [0, 0.1) is 11.8 Å². The van der Waals surface area contributed by atoms with Crippen molar-refractivity contribution in [2.45, 2.75) is 25.7 Å². The smallest absolute Gasteiger partial charge is 0.358 e. The normalized spacial score (nSPS) is 22.3. The number of esters is 1. The van der Waals surface area contributed by atoms with Gasteiger partial charge < -0.3 is 15.2 Å². The quantitative estimate of drug-likeness (QED) is 0.820. The van der Waals surface area contributed by atoms with Gasteiger partial charge in [-0.15, -0.1) is 10.2 Å². The van der Waals surface area contributed by atoms with Crippen molar-refractivity contribution in [2.24, 2.45) is 17.6 Å². The Kier molecular flexibility index (Phi) is 5.29. The van der Waals surface area contributed by atoms with Gasteiger partial charge in [0.15, 0.2) is 5.69 Å². The highest BCUT2D eigenvalue weighted by molar-refractivity contribution is 5.86. The lowest BCUT2D eigenvalue weighted by atomic mass is 9.80. The second kappa shape index (κ2) is 7.19. The van der Waals surface area contributed by atoms with E-state index >= 15 is 0 Å². The largest absolute Gasteiger partial charge is 0.476 e. The molecular formula is C14H21N3O3. The molecule has 2 unspecified atom stereocenters. The first kappa shape index (κ1) is 14.7. The number of carbonyl (C=O) groups excluding carboxylic acids is 1. The van der Waals surface area contributed by atoms with Crippen molar-refractivity contribution in [3.05, 3.63) is 17.8 Å². The van der Waals surface area contributed by atoms with E-state index in [1.165, 1.54) is 26.4 Å². The number of aromatic nitrogens is 2. The molecule has 1 aromatic rings. The molecule has 0 aliphatic heterocycles. The molecule has 1 aliphatic carbocycles. The maximum absolute atomic E-state index is 11.2. The van der Waals surface area contributed by atoms with Crippen LogP contribution < -0.4 is 10.5 Å². The SMILES string of the molecule is COC(=O)c1ccc(OCC2CCCCC2CN)nn1. The van der Waals surface area contributed by atoms with Crippen molar-refractivity contribution < 1.29 is 14.3 Å². The topological polar surface area (TPSA) is 87.3 Å². The van der Waals surface area contributed by atoms with Crippen molar-refractivity contribution in [3.63, 3.8) is 0 Å². The third-order valence-corrected chi connectivity index (χ3v) is 3.85. The Labute approximate surface area is 118 Å². The van der Waals surface area contributed by atoms with E-state index in [-0.39, 0.29) is 5.69 Å². The fourth-order valence-electron chi connectivity index (χ4n) is 2.62. The summed E-state index contributed by atoms with van der Waals surface area (Å²) >= 11 is 0. The maximum Gasteiger partial charge on any atom is 0.358 e. The Bertz CT molecular complexity index is 436. The van der Waals surface area contributed by atoms with Gasteiger partial charge >= 0.3 is 5.97 Å². The molecule has 0 saturated heterocycles. The second-order valence-corrected chi connectivity index (χ2v) is 5.10. The Morgan fingerprint density at radius 3 is 2.65 bits per heavy atom. The zero-order valence-corrected chi connectivity index (χ0v) is 11.7. The molecule has 2 N–H and O–H groups in total. The molecule has 20 heavy (non-hydrogen) atoms. The summed E-state index contributed by atoms with van der Waals surface area (Å²) in [6.07, 6.45) is 4.82. The Morgan fingerprint density at radius 1 is 1.30 bits per heavy atom. The third-order valence-electron chi connectivity index (χ3n) is 3.85. The van der Waals surface area contributed by atoms with E-state index in [1.807, 2.05) is 0 Å². The van der Waals surface area contributed by atoms with Crippen LogP contribution in [0.15, 0.2) is 12.1 Å². The van der Waals surface area contributed by atoms with E-state index in [0.717, 1.165) is 6.42 Å². The zero-order valence-electron chi connectivity index (χ0n) is 11.7. The van der Waals surface area contributed by atoms with Gasteiger partial charge in [0.25, 0.3) is 0 Å². The minimum Gasteiger partial charge on any atom is -0.476 e. The maximum atomic E-state index is 11.2. The van der Waals surface area contributed by atoms with Gasteiger partial charge in [0, 0.05) is 6.07 Å². The van der Waals surface area contributed by atoms with Crippen LogP contribution >= 0.6 is 0 Å². The first-order chi connectivity index (χ1) is 9.74. The average Bonchev–Trinajstić information content (AvgIpc) is 2.53. The van der Waals surface area contributed by atoms with E-state index in [2.05, 4.69) is 14.9 Å². The van der Waals surface area contributed by atoms with Gasteiger partial charge in [0.05, 0.1) is 13.7 Å². The number of nitrogens with two attached hydrogens (primary N) is 1. The molecule has 1 saturated carbocycles.